The molecule has 0 spiro atoms. The second-order valence-electron chi connectivity index (χ2n) is 14.4. The summed E-state index contributed by atoms with van der Waals surface area (Å²) in [6.45, 7) is 8.21. The van der Waals surface area contributed by atoms with Crippen LogP contribution in [0.1, 0.15) is 74.8 Å². The van der Waals surface area contributed by atoms with Gasteiger partial charge >= 0.3 is 0 Å². The minimum absolute atomic E-state index is 0.175. The Kier molecular flexibility index (Phi) is 13.9. The largest absolute Gasteiger partial charge is 0.490 e. The first-order chi connectivity index (χ1) is 26.7. The van der Waals surface area contributed by atoms with Gasteiger partial charge < -0.3 is 25.5 Å². The van der Waals surface area contributed by atoms with Crippen LogP contribution in [0.3, 0.4) is 0 Å². The molecule has 2 unspecified atom stereocenters. The summed E-state index contributed by atoms with van der Waals surface area (Å²) in [6.07, 6.45) is 10.9. The average molecular weight is 792 g/mol. The molecule has 2 amide bonds. The quantitative estimate of drug-likeness (QED) is 0.110. The molecular weight excluding hydrogens is 742 g/mol. The molecular formula is C39H50ClN9O5S. The van der Waals surface area contributed by atoms with Gasteiger partial charge in [0.1, 0.15) is 30.1 Å². The van der Waals surface area contributed by atoms with Gasteiger partial charge in [0.15, 0.2) is 5.82 Å². The SMILES string of the molecule is C=O.CC(COc1cc(S(=O)N2CCC(Nc3ncc(C4CC4)cn3)CC2)ccc1Cl)N1CCC(c2ccc3c(NC(=O)CCNC=O)nn(C)c3c2)CC1. The topological polar surface area (TPSA) is 164 Å². The van der Waals surface area contributed by atoms with Crippen LogP contribution in [0.5, 0.6) is 5.75 Å². The zero-order valence-electron chi connectivity index (χ0n) is 31.4. The average Bonchev–Trinajstić information content (AvgIpc) is 4.02. The molecule has 16 heteroatoms. The summed E-state index contributed by atoms with van der Waals surface area (Å²) in [7, 11) is 0.564. The zero-order chi connectivity index (χ0) is 38.9. The van der Waals surface area contributed by atoms with Crippen LogP contribution < -0.4 is 20.7 Å². The van der Waals surface area contributed by atoms with Crippen LogP contribution in [-0.4, -0.2) is 104 Å². The number of ether oxygens (including phenoxy) is 1. The van der Waals surface area contributed by atoms with Crippen LogP contribution in [-0.2, 0) is 32.4 Å². The number of benzene rings is 2. The van der Waals surface area contributed by atoms with Crippen molar-refractivity contribution in [2.45, 2.75) is 80.7 Å². The highest BCUT2D eigenvalue weighted by atomic mass is 35.5. The van der Waals surface area contributed by atoms with E-state index in [9.17, 15) is 13.8 Å². The van der Waals surface area contributed by atoms with E-state index in [1.54, 1.807) is 10.7 Å². The molecule has 2 aromatic heterocycles. The molecule has 7 rings (SSSR count). The van der Waals surface area contributed by atoms with E-state index >= 15 is 0 Å². The number of anilines is 2. The van der Waals surface area contributed by atoms with Gasteiger partial charge in [-0.2, -0.15) is 5.10 Å². The minimum atomic E-state index is -1.32. The molecule has 2 aliphatic heterocycles. The molecule has 3 fully saturated rings. The number of rotatable bonds is 15. The fraction of sp³-hybridized carbons (Fsp3) is 0.487. The molecule has 14 nitrogen and oxygen atoms in total. The molecule has 4 heterocycles. The van der Waals surface area contributed by atoms with E-state index in [1.807, 2.05) is 48.7 Å². The first-order valence-corrected chi connectivity index (χ1v) is 20.4. The lowest BCUT2D eigenvalue weighted by Crippen LogP contribution is -2.42. The number of amides is 2. The first kappa shape index (κ1) is 40.2. The summed E-state index contributed by atoms with van der Waals surface area (Å²) in [4.78, 5) is 42.9. The Morgan fingerprint density at radius 1 is 1.00 bits per heavy atom. The molecule has 4 aromatic rings. The molecule has 0 bridgehead atoms. The predicted octanol–water partition coefficient (Wildman–Crippen LogP) is 5.03. The van der Waals surface area contributed by atoms with Crippen molar-refractivity contribution in [3.8, 4) is 5.75 Å². The van der Waals surface area contributed by atoms with E-state index in [2.05, 4.69) is 55.0 Å². The Bertz CT molecular complexity index is 1940. The molecule has 2 atom stereocenters. The molecule has 3 aliphatic rings. The van der Waals surface area contributed by atoms with Crippen molar-refractivity contribution in [3.05, 3.63) is 64.9 Å². The number of halogens is 1. The Hall–Kier alpha value is -4.44. The molecule has 1 aliphatic carbocycles. The third kappa shape index (κ3) is 10.3. The van der Waals surface area contributed by atoms with E-state index in [1.165, 1.54) is 24.0 Å². The van der Waals surface area contributed by atoms with Gasteiger partial charge in [-0.1, -0.05) is 17.7 Å². The highest BCUT2D eigenvalue weighted by Gasteiger charge is 2.28. The van der Waals surface area contributed by atoms with Crippen LogP contribution in [0, 0.1) is 0 Å². The first-order valence-electron chi connectivity index (χ1n) is 18.9. The molecule has 294 valence electrons. The summed E-state index contributed by atoms with van der Waals surface area (Å²) in [6, 6.07) is 12.2. The normalized spacial score (nSPS) is 18.2. The monoisotopic (exact) mass is 791 g/mol. The van der Waals surface area contributed by atoms with Crippen molar-refractivity contribution in [1.82, 2.24) is 34.3 Å². The Balaban J connectivity index is 0.00000253. The fourth-order valence-corrected chi connectivity index (χ4v) is 8.69. The van der Waals surface area contributed by atoms with Crippen LogP contribution in [0.2, 0.25) is 5.02 Å². The molecule has 2 aromatic carbocycles. The lowest BCUT2D eigenvalue weighted by atomic mass is 9.88. The van der Waals surface area contributed by atoms with Gasteiger partial charge in [-0.3, -0.25) is 19.2 Å². The number of likely N-dealkylation sites (tertiary alicyclic amines) is 1. The number of aromatic nitrogens is 4. The van der Waals surface area contributed by atoms with Gasteiger partial charge in [0.2, 0.25) is 18.3 Å². The summed E-state index contributed by atoms with van der Waals surface area (Å²) in [5, 5.41) is 14.8. The lowest BCUT2D eigenvalue weighted by molar-refractivity contribution is -0.116. The second-order valence-corrected chi connectivity index (χ2v) is 16.3. The Labute approximate surface area is 329 Å². The molecule has 0 radical (unpaired) electrons. The van der Waals surface area contributed by atoms with Crippen molar-refractivity contribution in [1.29, 1.82) is 0 Å². The maximum absolute atomic E-state index is 13.6. The fourth-order valence-electron chi connectivity index (χ4n) is 7.29. The van der Waals surface area contributed by atoms with Crippen LogP contribution in [0.4, 0.5) is 11.8 Å². The zero-order valence-corrected chi connectivity index (χ0v) is 33.0. The second kappa shape index (κ2) is 18.9. The Morgan fingerprint density at radius 3 is 2.40 bits per heavy atom. The summed E-state index contributed by atoms with van der Waals surface area (Å²) < 4.78 is 23.7. The van der Waals surface area contributed by atoms with E-state index in [0.29, 0.717) is 65.4 Å². The van der Waals surface area contributed by atoms with Gasteiger partial charge in [0, 0.05) is 63.0 Å². The molecule has 55 heavy (non-hydrogen) atoms. The summed E-state index contributed by atoms with van der Waals surface area (Å²) >= 11 is 6.56. The van der Waals surface area contributed by atoms with Crippen molar-refractivity contribution in [3.63, 3.8) is 0 Å². The van der Waals surface area contributed by atoms with Gasteiger partial charge in [-0.15, -0.1) is 0 Å². The summed E-state index contributed by atoms with van der Waals surface area (Å²) in [5.41, 5.74) is 3.46. The maximum Gasteiger partial charge on any atom is 0.227 e. The van der Waals surface area contributed by atoms with Crippen LogP contribution in [0.15, 0.2) is 53.7 Å². The number of hydrogen-bond donors (Lipinski definition) is 3. The van der Waals surface area contributed by atoms with Gasteiger partial charge in [0.25, 0.3) is 0 Å². The van der Waals surface area contributed by atoms with Gasteiger partial charge in [-0.25, -0.2) is 18.5 Å². The lowest BCUT2D eigenvalue weighted by Gasteiger charge is -2.36. The van der Waals surface area contributed by atoms with Crippen molar-refractivity contribution in [2.75, 3.05) is 50.0 Å². The number of fused-ring (bicyclic) bond motifs is 1. The number of nitrogens with one attached hydrogen (secondary N) is 3. The number of carbonyl (C=O) groups excluding carboxylic acids is 3. The van der Waals surface area contributed by atoms with E-state index < -0.39 is 11.0 Å². The highest BCUT2D eigenvalue weighted by Crippen LogP contribution is 2.39. The van der Waals surface area contributed by atoms with Crippen molar-refractivity contribution >= 4 is 64.4 Å². The van der Waals surface area contributed by atoms with Gasteiger partial charge in [0.05, 0.1) is 15.4 Å². The van der Waals surface area contributed by atoms with Crippen molar-refractivity contribution in [2.24, 2.45) is 7.05 Å². The molecule has 1 saturated carbocycles. The van der Waals surface area contributed by atoms with E-state index in [0.717, 1.165) is 49.7 Å². The van der Waals surface area contributed by atoms with Gasteiger partial charge in [-0.05, 0) is 112 Å². The molecule has 2 saturated heterocycles. The number of aryl methyl sites for hydroxylation is 1. The van der Waals surface area contributed by atoms with E-state index in [-0.39, 0.29) is 31.0 Å². The Morgan fingerprint density at radius 2 is 1.71 bits per heavy atom. The smallest absolute Gasteiger partial charge is 0.227 e. The minimum Gasteiger partial charge on any atom is -0.490 e. The number of nitrogens with zero attached hydrogens (tertiary/aromatic N) is 6. The standard InChI is InChI=1S/C38H48ClN9O4S.CH2O/c1-25(47-15-10-27(11-16-47)28-5-7-32-34(19-28)46(2)45-37(32)44-36(50)9-14-40-24-49)23-52-35-20-31(6-8-33(35)39)53(51)48-17-12-30(13-18-48)43-38-41-21-29(22-42-38)26-3-4-26;1-2/h5-8,19-22,24-27,30H,3-4,9-18,23H2,1-2H3,(H,40,49)(H,41,42,43)(H,44,45,50);1H2. The third-order valence-corrected chi connectivity index (χ3v) is 12.5. The van der Waals surface area contributed by atoms with Crippen LogP contribution in [0.25, 0.3) is 10.9 Å². The summed E-state index contributed by atoms with van der Waals surface area (Å²) in [5.74, 6) is 2.61. The predicted molar refractivity (Wildman–Crippen MR) is 214 cm³/mol. The number of piperidine rings is 2. The number of carbonyl (C=O) groups is 3. The highest BCUT2D eigenvalue weighted by molar-refractivity contribution is 7.82. The third-order valence-electron chi connectivity index (χ3n) is 10.7. The van der Waals surface area contributed by atoms with E-state index in [4.69, 9.17) is 21.1 Å². The van der Waals surface area contributed by atoms with Crippen LogP contribution >= 0.6 is 11.6 Å². The maximum atomic E-state index is 13.6. The molecule has 3 N–H and O–H groups in total. The van der Waals surface area contributed by atoms with Crippen molar-refractivity contribution < 1.29 is 23.3 Å². The number of hydrogen-bond acceptors (Lipinski definition) is 10.